The van der Waals surface area contributed by atoms with E-state index in [1.165, 1.54) is 25.7 Å². The molecule has 2 saturated carbocycles. The van der Waals surface area contributed by atoms with Crippen LogP contribution < -0.4 is 5.32 Å². The SMILES string of the molecule is O=C(O)CCc1cccc(NC(=O)C2CC23CCCC3)c1. The van der Waals surface area contributed by atoms with E-state index in [1.807, 2.05) is 24.3 Å². The molecule has 0 aromatic heterocycles. The predicted octanol–water partition coefficient (Wildman–Crippen LogP) is 3.22. The van der Waals surface area contributed by atoms with Crippen molar-refractivity contribution >= 4 is 17.6 Å². The second-order valence-electron chi connectivity index (χ2n) is 6.41. The quantitative estimate of drug-likeness (QED) is 0.873. The van der Waals surface area contributed by atoms with Gasteiger partial charge in [0.15, 0.2) is 0 Å². The maximum Gasteiger partial charge on any atom is 0.303 e. The molecule has 1 aromatic rings. The van der Waals surface area contributed by atoms with Crippen LogP contribution >= 0.6 is 0 Å². The summed E-state index contributed by atoms with van der Waals surface area (Å²) in [5.41, 5.74) is 2.04. The van der Waals surface area contributed by atoms with Crippen molar-refractivity contribution in [3.8, 4) is 0 Å². The van der Waals surface area contributed by atoms with E-state index < -0.39 is 5.97 Å². The summed E-state index contributed by atoms with van der Waals surface area (Å²) in [5, 5.41) is 11.7. The fourth-order valence-electron chi connectivity index (χ4n) is 3.64. The topological polar surface area (TPSA) is 66.4 Å². The van der Waals surface area contributed by atoms with E-state index in [4.69, 9.17) is 5.11 Å². The van der Waals surface area contributed by atoms with Crippen LogP contribution in [0.15, 0.2) is 24.3 Å². The van der Waals surface area contributed by atoms with Crippen LogP contribution in [0.3, 0.4) is 0 Å². The summed E-state index contributed by atoms with van der Waals surface area (Å²) in [7, 11) is 0. The van der Waals surface area contributed by atoms with Crippen molar-refractivity contribution in [3.63, 3.8) is 0 Å². The maximum absolute atomic E-state index is 12.3. The first kappa shape index (κ1) is 14.1. The zero-order chi connectivity index (χ0) is 14.9. The summed E-state index contributed by atoms with van der Waals surface area (Å²) in [6, 6.07) is 7.51. The number of aliphatic carboxylic acids is 1. The van der Waals surface area contributed by atoms with Gasteiger partial charge in [-0.3, -0.25) is 9.59 Å². The number of carboxylic acid groups (broad SMARTS) is 1. The van der Waals surface area contributed by atoms with Crippen molar-refractivity contribution in [2.45, 2.75) is 44.9 Å². The highest BCUT2D eigenvalue weighted by molar-refractivity contribution is 5.95. The molecule has 1 amide bonds. The number of nitrogens with one attached hydrogen (secondary N) is 1. The summed E-state index contributed by atoms with van der Waals surface area (Å²) in [6.45, 7) is 0. The Hall–Kier alpha value is -1.84. The highest BCUT2D eigenvalue weighted by atomic mass is 16.4. The van der Waals surface area contributed by atoms with Crippen LogP contribution in [0.1, 0.15) is 44.1 Å². The molecule has 2 N–H and O–H groups in total. The Balaban J connectivity index is 1.59. The van der Waals surface area contributed by atoms with Gasteiger partial charge in [0.1, 0.15) is 0 Å². The van der Waals surface area contributed by atoms with Crippen LogP contribution in [-0.2, 0) is 16.0 Å². The number of carbonyl (C=O) groups excluding carboxylic acids is 1. The Bertz CT molecular complexity index is 561. The van der Waals surface area contributed by atoms with Gasteiger partial charge in [-0.15, -0.1) is 0 Å². The molecule has 2 fully saturated rings. The van der Waals surface area contributed by atoms with Gasteiger partial charge in [0.05, 0.1) is 0 Å². The van der Waals surface area contributed by atoms with Crippen LogP contribution in [0.5, 0.6) is 0 Å². The number of benzene rings is 1. The van der Waals surface area contributed by atoms with E-state index in [-0.39, 0.29) is 18.2 Å². The van der Waals surface area contributed by atoms with Crippen LogP contribution in [0.2, 0.25) is 0 Å². The van der Waals surface area contributed by atoms with Crippen molar-refractivity contribution < 1.29 is 14.7 Å². The van der Waals surface area contributed by atoms with Gasteiger partial charge in [-0.2, -0.15) is 0 Å². The third-order valence-corrected chi connectivity index (χ3v) is 4.93. The van der Waals surface area contributed by atoms with E-state index in [9.17, 15) is 9.59 Å². The summed E-state index contributed by atoms with van der Waals surface area (Å²) < 4.78 is 0. The van der Waals surface area contributed by atoms with Gasteiger partial charge in [-0.05, 0) is 48.8 Å². The molecule has 1 aromatic carbocycles. The molecule has 0 radical (unpaired) electrons. The molecule has 0 aliphatic heterocycles. The first-order valence-electron chi connectivity index (χ1n) is 7.71. The second kappa shape index (κ2) is 5.51. The number of carbonyl (C=O) groups is 2. The maximum atomic E-state index is 12.3. The van der Waals surface area contributed by atoms with E-state index in [0.29, 0.717) is 11.8 Å². The smallest absolute Gasteiger partial charge is 0.303 e. The van der Waals surface area contributed by atoms with Crippen LogP contribution in [0.4, 0.5) is 5.69 Å². The van der Waals surface area contributed by atoms with E-state index in [0.717, 1.165) is 17.7 Å². The normalized spacial score (nSPS) is 22.2. The lowest BCUT2D eigenvalue weighted by Gasteiger charge is -2.10. The molecule has 3 rings (SSSR count). The number of amides is 1. The van der Waals surface area contributed by atoms with Gasteiger partial charge >= 0.3 is 5.97 Å². The summed E-state index contributed by atoms with van der Waals surface area (Å²) in [6.07, 6.45) is 6.56. The van der Waals surface area contributed by atoms with E-state index in [2.05, 4.69) is 5.32 Å². The third-order valence-electron chi connectivity index (χ3n) is 4.93. The van der Waals surface area contributed by atoms with Crippen LogP contribution in [0, 0.1) is 11.3 Å². The van der Waals surface area contributed by atoms with Crippen LogP contribution in [-0.4, -0.2) is 17.0 Å². The zero-order valence-electron chi connectivity index (χ0n) is 12.1. The summed E-state index contributed by atoms with van der Waals surface area (Å²) >= 11 is 0. The van der Waals surface area contributed by atoms with Gasteiger partial charge in [0.2, 0.25) is 5.91 Å². The number of hydrogen-bond donors (Lipinski definition) is 2. The Labute approximate surface area is 124 Å². The first-order valence-corrected chi connectivity index (χ1v) is 7.71. The molecule has 2 aliphatic carbocycles. The Morgan fingerprint density at radius 3 is 2.76 bits per heavy atom. The van der Waals surface area contributed by atoms with Crippen molar-refractivity contribution in [2.75, 3.05) is 5.32 Å². The minimum absolute atomic E-state index is 0.114. The average Bonchev–Trinajstić information content (AvgIpc) is 2.95. The minimum atomic E-state index is -0.800. The molecule has 21 heavy (non-hydrogen) atoms. The van der Waals surface area contributed by atoms with Crippen molar-refractivity contribution in [3.05, 3.63) is 29.8 Å². The Morgan fingerprint density at radius 2 is 2.05 bits per heavy atom. The van der Waals surface area contributed by atoms with Crippen LogP contribution in [0.25, 0.3) is 0 Å². The van der Waals surface area contributed by atoms with Crippen molar-refractivity contribution in [1.82, 2.24) is 0 Å². The molecule has 0 heterocycles. The molecule has 112 valence electrons. The first-order chi connectivity index (χ1) is 10.1. The monoisotopic (exact) mass is 287 g/mol. The summed E-state index contributed by atoms with van der Waals surface area (Å²) in [5.74, 6) is -0.486. The highest BCUT2D eigenvalue weighted by Crippen LogP contribution is 2.63. The van der Waals surface area contributed by atoms with Gasteiger partial charge in [-0.25, -0.2) is 0 Å². The highest BCUT2D eigenvalue weighted by Gasteiger charge is 2.58. The minimum Gasteiger partial charge on any atom is -0.481 e. The molecular formula is C17H21NO3. The van der Waals surface area contributed by atoms with E-state index in [1.54, 1.807) is 0 Å². The molecule has 1 atom stereocenters. The van der Waals surface area contributed by atoms with Crippen molar-refractivity contribution in [2.24, 2.45) is 11.3 Å². The molecule has 0 bridgehead atoms. The molecule has 1 spiro atoms. The number of aryl methyl sites for hydroxylation is 1. The van der Waals surface area contributed by atoms with Crippen molar-refractivity contribution in [1.29, 1.82) is 0 Å². The molecule has 0 saturated heterocycles. The molecule has 1 unspecified atom stereocenters. The molecule has 2 aliphatic rings. The predicted molar refractivity (Wildman–Crippen MR) is 80.0 cm³/mol. The van der Waals surface area contributed by atoms with Gasteiger partial charge < -0.3 is 10.4 Å². The van der Waals surface area contributed by atoms with Gasteiger partial charge in [0, 0.05) is 18.0 Å². The largest absolute Gasteiger partial charge is 0.481 e. The standard InChI is InChI=1S/C17H21NO3/c19-15(20)7-6-12-4-3-5-13(10-12)18-16(21)14-11-17(14)8-1-2-9-17/h3-5,10,14H,1-2,6-9,11H2,(H,18,21)(H,19,20). The number of rotatable bonds is 5. The average molecular weight is 287 g/mol. The molecule has 4 nitrogen and oxygen atoms in total. The Kier molecular flexibility index (Phi) is 3.70. The zero-order valence-corrected chi connectivity index (χ0v) is 12.1. The number of carboxylic acids is 1. The fraction of sp³-hybridized carbons (Fsp3) is 0.529. The third kappa shape index (κ3) is 3.09. The lowest BCUT2D eigenvalue weighted by atomic mass is 10.0. The van der Waals surface area contributed by atoms with Gasteiger partial charge in [-0.1, -0.05) is 25.0 Å². The number of hydrogen-bond acceptors (Lipinski definition) is 2. The van der Waals surface area contributed by atoms with E-state index >= 15 is 0 Å². The molecule has 4 heteroatoms. The Morgan fingerprint density at radius 1 is 1.29 bits per heavy atom. The fourth-order valence-corrected chi connectivity index (χ4v) is 3.64. The molecular weight excluding hydrogens is 266 g/mol. The van der Waals surface area contributed by atoms with Gasteiger partial charge in [0.25, 0.3) is 0 Å². The number of anilines is 1. The second-order valence-corrected chi connectivity index (χ2v) is 6.41. The summed E-state index contributed by atoms with van der Waals surface area (Å²) in [4.78, 5) is 22.9. The lowest BCUT2D eigenvalue weighted by Crippen LogP contribution is -2.17. The lowest BCUT2D eigenvalue weighted by molar-refractivity contribution is -0.137.